The molecule has 0 aliphatic carbocycles. The largest absolute Gasteiger partial charge is 0.392 e. The van der Waals surface area contributed by atoms with E-state index in [0.717, 1.165) is 10.6 Å². The molecule has 3 N–H and O–H groups in total. The fourth-order valence-electron chi connectivity index (χ4n) is 1.91. The van der Waals surface area contributed by atoms with Crippen molar-refractivity contribution < 1.29 is 9.50 Å². The summed E-state index contributed by atoms with van der Waals surface area (Å²) in [4.78, 5) is 9.58. The minimum atomic E-state index is -0.395. The molecular formula is C15H19FN4OS. The number of hydrogen-bond donors (Lipinski definition) is 3. The number of nitrogens with one attached hydrogen (secondary N) is 2. The summed E-state index contributed by atoms with van der Waals surface area (Å²) in [5.74, 6) is 0.246. The lowest BCUT2D eigenvalue weighted by atomic mass is 10.1. The molecule has 7 heteroatoms. The lowest BCUT2D eigenvalue weighted by molar-refractivity contribution is 0.275. The van der Waals surface area contributed by atoms with Crippen molar-refractivity contribution in [3.05, 3.63) is 51.2 Å². The molecule has 2 aromatic rings. The van der Waals surface area contributed by atoms with Gasteiger partial charge in [-0.25, -0.2) is 9.37 Å². The number of aryl methyl sites for hydroxylation is 1. The van der Waals surface area contributed by atoms with E-state index in [1.165, 1.54) is 10.9 Å². The van der Waals surface area contributed by atoms with E-state index in [2.05, 4.69) is 20.6 Å². The zero-order valence-corrected chi connectivity index (χ0v) is 13.4. The maximum absolute atomic E-state index is 13.3. The van der Waals surface area contributed by atoms with Crippen LogP contribution in [0.2, 0.25) is 0 Å². The number of hydrogen-bond acceptors (Lipinski definition) is 4. The third-order valence-corrected chi connectivity index (χ3v) is 3.95. The molecule has 1 aromatic carbocycles. The topological polar surface area (TPSA) is 69.5 Å². The highest BCUT2D eigenvalue weighted by Gasteiger charge is 2.04. The Hall–Kier alpha value is -1.99. The normalized spacial score (nSPS) is 11.5. The van der Waals surface area contributed by atoms with Crippen molar-refractivity contribution in [2.24, 2.45) is 4.99 Å². The van der Waals surface area contributed by atoms with E-state index in [4.69, 9.17) is 5.11 Å². The third kappa shape index (κ3) is 4.51. The van der Waals surface area contributed by atoms with Crippen molar-refractivity contribution >= 4 is 17.3 Å². The highest BCUT2D eigenvalue weighted by atomic mass is 32.1. The number of nitrogens with zero attached hydrogens (tertiary/aromatic N) is 2. The van der Waals surface area contributed by atoms with Crippen LogP contribution in [-0.4, -0.2) is 23.1 Å². The van der Waals surface area contributed by atoms with E-state index < -0.39 is 5.82 Å². The molecule has 2 rings (SSSR count). The van der Waals surface area contributed by atoms with Crippen LogP contribution >= 0.6 is 11.3 Å². The maximum Gasteiger partial charge on any atom is 0.191 e. The maximum atomic E-state index is 13.3. The van der Waals surface area contributed by atoms with Gasteiger partial charge in [0, 0.05) is 30.2 Å². The Bertz CT molecular complexity index is 657. The first-order chi connectivity index (χ1) is 10.6. The second-order valence-corrected chi connectivity index (χ2v) is 6.05. The Kier molecular flexibility index (Phi) is 5.85. The molecule has 0 saturated carbocycles. The van der Waals surface area contributed by atoms with Gasteiger partial charge in [0.15, 0.2) is 5.96 Å². The summed E-state index contributed by atoms with van der Waals surface area (Å²) >= 11 is 1.64. The lowest BCUT2D eigenvalue weighted by Gasteiger charge is -2.11. The second kappa shape index (κ2) is 7.86. The monoisotopic (exact) mass is 322 g/mol. The average molecular weight is 322 g/mol. The van der Waals surface area contributed by atoms with Crippen molar-refractivity contribution in [2.45, 2.75) is 26.6 Å². The van der Waals surface area contributed by atoms with Crippen LogP contribution in [0.1, 0.15) is 21.0 Å². The van der Waals surface area contributed by atoms with Crippen LogP contribution in [0.15, 0.2) is 29.4 Å². The van der Waals surface area contributed by atoms with Crippen molar-refractivity contribution in [1.29, 1.82) is 0 Å². The van der Waals surface area contributed by atoms with E-state index in [9.17, 15) is 4.39 Å². The van der Waals surface area contributed by atoms with Crippen molar-refractivity contribution in [3.63, 3.8) is 0 Å². The van der Waals surface area contributed by atoms with Gasteiger partial charge in [-0.05, 0) is 24.6 Å². The van der Waals surface area contributed by atoms with Gasteiger partial charge < -0.3 is 15.7 Å². The number of aromatic nitrogens is 1. The van der Waals surface area contributed by atoms with Gasteiger partial charge in [0.1, 0.15) is 10.8 Å². The molecule has 0 fully saturated rings. The second-order valence-electron chi connectivity index (χ2n) is 4.73. The molecule has 0 amide bonds. The number of thiazole rings is 1. The Labute approximate surface area is 132 Å². The molecule has 1 heterocycles. The number of aliphatic hydroxyl groups excluding tert-OH is 1. The van der Waals surface area contributed by atoms with E-state index in [1.54, 1.807) is 30.5 Å². The van der Waals surface area contributed by atoms with Gasteiger partial charge in [-0.1, -0.05) is 6.07 Å². The average Bonchev–Trinajstić information content (AvgIpc) is 2.94. The summed E-state index contributed by atoms with van der Waals surface area (Å²) in [5.41, 5.74) is 1.17. The van der Waals surface area contributed by atoms with E-state index in [-0.39, 0.29) is 6.61 Å². The summed E-state index contributed by atoms with van der Waals surface area (Å²) in [6, 6.07) is 4.68. The number of halogens is 1. The fourth-order valence-corrected chi connectivity index (χ4v) is 2.63. The molecule has 0 radical (unpaired) electrons. The molecule has 0 atom stereocenters. The number of rotatable bonds is 5. The molecule has 0 aliphatic rings. The van der Waals surface area contributed by atoms with Gasteiger partial charge in [-0.2, -0.15) is 0 Å². The van der Waals surface area contributed by atoms with Crippen molar-refractivity contribution in [3.8, 4) is 0 Å². The standard InChI is InChI=1S/C15H19FN4OS/c1-10-6-18-14(22-10)8-20-15(17-2)19-7-11-3-4-13(16)12(5-11)9-21/h3-6,21H,7-9H2,1-2H3,(H2,17,19,20). The molecule has 0 spiro atoms. The summed E-state index contributed by atoms with van der Waals surface area (Å²) in [5, 5.41) is 16.4. The third-order valence-electron chi connectivity index (χ3n) is 3.04. The summed E-state index contributed by atoms with van der Waals surface area (Å²) in [6.07, 6.45) is 1.84. The highest BCUT2D eigenvalue weighted by molar-refractivity contribution is 7.11. The number of aliphatic imine (C=N–C) groups is 1. The van der Waals surface area contributed by atoms with E-state index in [0.29, 0.717) is 24.6 Å². The Morgan fingerprint density at radius 3 is 2.77 bits per heavy atom. The minimum absolute atomic E-state index is 0.292. The number of guanidine groups is 1. The predicted octanol–water partition coefficient (Wildman–Crippen LogP) is 1.95. The van der Waals surface area contributed by atoms with Crippen LogP contribution in [-0.2, 0) is 19.7 Å². The molecule has 5 nitrogen and oxygen atoms in total. The van der Waals surface area contributed by atoms with Crippen LogP contribution in [0, 0.1) is 12.7 Å². The van der Waals surface area contributed by atoms with E-state index in [1.807, 2.05) is 13.1 Å². The fraction of sp³-hybridized carbons (Fsp3) is 0.333. The molecule has 0 unspecified atom stereocenters. The van der Waals surface area contributed by atoms with Crippen LogP contribution in [0.4, 0.5) is 4.39 Å². The highest BCUT2D eigenvalue weighted by Crippen LogP contribution is 2.11. The summed E-state index contributed by atoms with van der Waals surface area (Å²) in [7, 11) is 1.69. The van der Waals surface area contributed by atoms with Gasteiger partial charge in [-0.3, -0.25) is 4.99 Å². The van der Waals surface area contributed by atoms with Gasteiger partial charge >= 0.3 is 0 Å². The van der Waals surface area contributed by atoms with Crippen molar-refractivity contribution in [2.75, 3.05) is 7.05 Å². The zero-order valence-electron chi connectivity index (χ0n) is 12.6. The molecule has 118 valence electrons. The molecule has 22 heavy (non-hydrogen) atoms. The van der Waals surface area contributed by atoms with Crippen molar-refractivity contribution in [1.82, 2.24) is 15.6 Å². The molecule has 0 aliphatic heterocycles. The Balaban J connectivity index is 1.88. The molecule has 0 saturated heterocycles. The minimum Gasteiger partial charge on any atom is -0.392 e. The van der Waals surface area contributed by atoms with Gasteiger partial charge in [0.2, 0.25) is 0 Å². The zero-order chi connectivity index (χ0) is 15.9. The number of aliphatic hydroxyl groups is 1. The molecule has 0 bridgehead atoms. The first-order valence-corrected chi connectivity index (χ1v) is 7.68. The quantitative estimate of drug-likeness (QED) is 0.581. The van der Waals surface area contributed by atoms with Crippen LogP contribution < -0.4 is 10.6 Å². The van der Waals surface area contributed by atoms with E-state index >= 15 is 0 Å². The summed E-state index contributed by atoms with van der Waals surface area (Å²) in [6.45, 7) is 2.80. The predicted molar refractivity (Wildman–Crippen MR) is 86.2 cm³/mol. The molecular weight excluding hydrogens is 303 g/mol. The first kappa shape index (κ1) is 16.4. The SMILES string of the molecule is CN=C(NCc1ccc(F)c(CO)c1)NCc1ncc(C)s1. The first-order valence-electron chi connectivity index (χ1n) is 6.86. The summed E-state index contributed by atoms with van der Waals surface area (Å²) < 4.78 is 13.3. The van der Waals surface area contributed by atoms with Crippen LogP contribution in [0.5, 0.6) is 0 Å². The van der Waals surface area contributed by atoms with Gasteiger partial charge in [-0.15, -0.1) is 11.3 Å². The van der Waals surface area contributed by atoms with Crippen LogP contribution in [0.3, 0.4) is 0 Å². The Morgan fingerprint density at radius 1 is 1.36 bits per heavy atom. The Morgan fingerprint density at radius 2 is 2.14 bits per heavy atom. The lowest BCUT2D eigenvalue weighted by Crippen LogP contribution is -2.36. The number of benzene rings is 1. The smallest absolute Gasteiger partial charge is 0.191 e. The van der Waals surface area contributed by atoms with Gasteiger partial charge in [0.25, 0.3) is 0 Å². The molecule has 1 aromatic heterocycles. The van der Waals surface area contributed by atoms with Gasteiger partial charge in [0.05, 0.1) is 13.2 Å². The van der Waals surface area contributed by atoms with Crippen LogP contribution in [0.25, 0.3) is 0 Å².